The van der Waals surface area contributed by atoms with Gasteiger partial charge in [0.1, 0.15) is 11.6 Å². The zero-order valence-electron chi connectivity index (χ0n) is 14.8. The van der Waals surface area contributed by atoms with Gasteiger partial charge >= 0.3 is 0 Å². The predicted molar refractivity (Wildman–Crippen MR) is 100.0 cm³/mol. The molecule has 1 amide bonds. The van der Waals surface area contributed by atoms with Crippen LogP contribution in [0, 0.1) is 6.92 Å². The summed E-state index contributed by atoms with van der Waals surface area (Å²) >= 11 is 0. The Morgan fingerprint density at radius 3 is 2.88 bits per heavy atom. The first-order chi connectivity index (χ1) is 12.5. The van der Waals surface area contributed by atoms with Gasteiger partial charge in [0.2, 0.25) is 5.91 Å². The van der Waals surface area contributed by atoms with Gasteiger partial charge in [-0.1, -0.05) is 0 Å². The molecule has 4 N–H and O–H groups in total. The van der Waals surface area contributed by atoms with Crippen molar-refractivity contribution in [1.29, 1.82) is 0 Å². The number of rotatable bonds is 4. The van der Waals surface area contributed by atoms with Gasteiger partial charge in [-0.25, -0.2) is 0 Å². The second-order valence-electron chi connectivity index (χ2n) is 6.23. The summed E-state index contributed by atoms with van der Waals surface area (Å²) in [5.74, 6) is 0.884. The van der Waals surface area contributed by atoms with E-state index in [0.717, 1.165) is 40.2 Å². The molecular formula is C18H20N6O2. The second kappa shape index (κ2) is 5.91. The molecular weight excluding hydrogens is 332 g/mol. The van der Waals surface area contributed by atoms with E-state index in [2.05, 4.69) is 20.4 Å². The minimum Gasteiger partial charge on any atom is -0.495 e. The van der Waals surface area contributed by atoms with Crippen molar-refractivity contribution in [2.45, 2.75) is 26.6 Å². The molecule has 1 aromatic carbocycles. The number of primary amides is 1. The molecule has 1 unspecified atom stereocenters. The Labute approximate surface area is 150 Å². The number of nitrogens with one attached hydrogen (secondary N) is 2. The Balaban J connectivity index is 1.82. The van der Waals surface area contributed by atoms with Gasteiger partial charge in [-0.3, -0.25) is 14.5 Å². The maximum absolute atomic E-state index is 11.6. The molecule has 1 aliphatic heterocycles. The van der Waals surface area contributed by atoms with Crippen LogP contribution in [0.1, 0.15) is 40.4 Å². The average Bonchev–Trinajstić information content (AvgIpc) is 3.20. The van der Waals surface area contributed by atoms with Crippen LogP contribution in [0.4, 0.5) is 5.82 Å². The van der Waals surface area contributed by atoms with E-state index in [9.17, 15) is 4.79 Å². The van der Waals surface area contributed by atoms with Gasteiger partial charge in [0.25, 0.3) is 0 Å². The summed E-state index contributed by atoms with van der Waals surface area (Å²) < 4.78 is 7.36. The molecule has 0 spiro atoms. The van der Waals surface area contributed by atoms with Crippen LogP contribution in [0.3, 0.4) is 0 Å². The quantitative estimate of drug-likeness (QED) is 0.669. The van der Waals surface area contributed by atoms with Gasteiger partial charge in [0, 0.05) is 29.3 Å². The first-order valence-electron chi connectivity index (χ1n) is 8.39. The lowest BCUT2D eigenvalue weighted by Gasteiger charge is -2.20. The normalized spacial score (nSPS) is 15.7. The van der Waals surface area contributed by atoms with Crippen LogP contribution in [-0.4, -0.2) is 34.0 Å². The molecule has 0 fully saturated rings. The van der Waals surface area contributed by atoms with Gasteiger partial charge in [0.15, 0.2) is 6.17 Å². The number of nitrogens with zero attached hydrogens (tertiary/aromatic N) is 3. The van der Waals surface area contributed by atoms with Gasteiger partial charge in [-0.15, -0.1) is 0 Å². The third kappa shape index (κ3) is 2.42. The zero-order valence-corrected chi connectivity index (χ0v) is 14.8. The molecule has 3 aromatic rings. The predicted octanol–water partition coefficient (Wildman–Crippen LogP) is 2.34. The van der Waals surface area contributed by atoms with E-state index < -0.39 is 5.91 Å². The summed E-state index contributed by atoms with van der Waals surface area (Å²) in [5.41, 5.74) is 9.45. The van der Waals surface area contributed by atoms with Crippen molar-refractivity contribution in [3.63, 3.8) is 0 Å². The molecule has 2 aromatic heterocycles. The molecule has 8 heteroatoms. The van der Waals surface area contributed by atoms with Crippen LogP contribution in [0.5, 0.6) is 5.75 Å². The van der Waals surface area contributed by atoms with E-state index in [1.807, 2.05) is 30.8 Å². The van der Waals surface area contributed by atoms with Crippen LogP contribution in [0.2, 0.25) is 0 Å². The van der Waals surface area contributed by atoms with E-state index >= 15 is 0 Å². The molecule has 0 aliphatic carbocycles. The molecule has 0 bridgehead atoms. The van der Waals surface area contributed by atoms with Crippen molar-refractivity contribution in [1.82, 2.24) is 14.8 Å². The topological polar surface area (TPSA) is 110 Å². The summed E-state index contributed by atoms with van der Waals surface area (Å²) in [6.45, 7) is 4.78. The number of aromatic amines is 1. The van der Waals surface area contributed by atoms with E-state index in [-0.39, 0.29) is 6.17 Å². The highest BCUT2D eigenvalue weighted by Gasteiger charge is 2.24. The Kier molecular flexibility index (Phi) is 3.68. The molecule has 1 aliphatic rings. The van der Waals surface area contributed by atoms with E-state index in [4.69, 9.17) is 10.5 Å². The number of hydrogen-bond donors (Lipinski definition) is 3. The smallest absolute Gasteiger partial charge is 0.248 e. The Bertz CT molecular complexity index is 1050. The number of amides is 1. The number of ether oxygens (including phenoxy) is 1. The molecule has 1 atom stereocenters. The number of H-pyrrole nitrogens is 1. The van der Waals surface area contributed by atoms with Crippen LogP contribution in [0.15, 0.2) is 23.2 Å². The first-order valence-corrected chi connectivity index (χ1v) is 8.39. The average molecular weight is 352 g/mol. The summed E-state index contributed by atoms with van der Waals surface area (Å²) in [6.07, 6.45) is 1.57. The summed E-state index contributed by atoms with van der Waals surface area (Å²) in [5, 5.41) is 8.72. The lowest BCUT2D eigenvalue weighted by molar-refractivity contribution is 0.1000. The molecule has 0 saturated heterocycles. The van der Waals surface area contributed by atoms with Gasteiger partial charge in [-0.05, 0) is 32.0 Å². The number of hydrogen-bond acceptors (Lipinski definition) is 5. The number of methoxy groups -OCH3 is 1. The summed E-state index contributed by atoms with van der Waals surface area (Å²) in [6, 6.07) is 5.42. The van der Waals surface area contributed by atoms with E-state index in [1.54, 1.807) is 19.2 Å². The fourth-order valence-corrected chi connectivity index (χ4v) is 3.35. The number of benzene rings is 1. The van der Waals surface area contributed by atoms with E-state index in [0.29, 0.717) is 11.3 Å². The standard InChI is InChI=1S/C18H20N6O2/c1-4-24-13(5-9(2)23-24)18-20-8-12-11-6-10(16(19)25)7-14(26-3)15(11)21-17(12)22-18/h5-8,18,21-22H,4H2,1-3H3,(H2,19,25). The first kappa shape index (κ1) is 16.2. The highest BCUT2D eigenvalue weighted by Crippen LogP contribution is 2.36. The number of aryl methyl sites for hydroxylation is 2. The van der Waals surface area contributed by atoms with Gasteiger partial charge in [-0.2, -0.15) is 5.10 Å². The molecule has 4 rings (SSSR count). The van der Waals surface area contributed by atoms with Crippen LogP contribution in [-0.2, 0) is 6.54 Å². The summed E-state index contributed by atoms with van der Waals surface area (Å²) in [4.78, 5) is 19.6. The highest BCUT2D eigenvalue weighted by molar-refractivity contribution is 6.10. The Morgan fingerprint density at radius 2 is 2.19 bits per heavy atom. The third-order valence-electron chi connectivity index (χ3n) is 4.56. The zero-order chi connectivity index (χ0) is 18.4. The molecule has 3 heterocycles. The largest absolute Gasteiger partial charge is 0.495 e. The van der Waals surface area contributed by atoms with Crippen molar-refractivity contribution >= 4 is 28.8 Å². The fourth-order valence-electron chi connectivity index (χ4n) is 3.35. The second-order valence-corrected chi connectivity index (χ2v) is 6.23. The van der Waals surface area contributed by atoms with Crippen molar-refractivity contribution in [3.05, 3.63) is 40.7 Å². The fraction of sp³-hybridized carbons (Fsp3) is 0.278. The molecule has 0 radical (unpaired) electrons. The van der Waals surface area contributed by atoms with Crippen LogP contribution < -0.4 is 15.8 Å². The Morgan fingerprint density at radius 1 is 1.38 bits per heavy atom. The summed E-state index contributed by atoms with van der Waals surface area (Å²) in [7, 11) is 1.56. The minimum atomic E-state index is -0.499. The van der Waals surface area contributed by atoms with Crippen LogP contribution >= 0.6 is 0 Å². The minimum absolute atomic E-state index is 0.238. The lowest BCUT2D eigenvalue weighted by atomic mass is 10.1. The molecule has 26 heavy (non-hydrogen) atoms. The number of aliphatic imine (C=N–C) groups is 1. The number of aromatic nitrogens is 3. The SMILES string of the molecule is CCn1nc(C)cc1C1N=Cc2c([nH]c3c(OC)cc(C(N)=O)cc23)N1. The van der Waals surface area contributed by atoms with Gasteiger partial charge in [0.05, 0.1) is 24.0 Å². The number of carbonyl (C=O) groups is 1. The molecule has 8 nitrogen and oxygen atoms in total. The number of carbonyl (C=O) groups excluding carboxylic acids is 1. The maximum Gasteiger partial charge on any atom is 0.248 e. The van der Waals surface area contributed by atoms with Gasteiger partial charge < -0.3 is 20.8 Å². The third-order valence-corrected chi connectivity index (χ3v) is 4.56. The number of nitrogens with two attached hydrogens (primary N) is 1. The molecule has 134 valence electrons. The van der Waals surface area contributed by atoms with Crippen molar-refractivity contribution in [2.24, 2.45) is 10.7 Å². The number of fused-ring (bicyclic) bond motifs is 3. The van der Waals surface area contributed by atoms with E-state index in [1.165, 1.54) is 0 Å². The van der Waals surface area contributed by atoms with Crippen molar-refractivity contribution < 1.29 is 9.53 Å². The molecule has 0 saturated carbocycles. The Hall–Kier alpha value is -3.29. The number of anilines is 1. The maximum atomic E-state index is 11.6. The van der Waals surface area contributed by atoms with Crippen molar-refractivity contribution in [2.75, 3.05) is 12.4 Å². The monoisotopic (exact) mass is 352 g/mol. The van der Waals surface area contributed by atoms with Crippen molar-refractivity contribution in [3.8, 4) is 5.75 Å². The highest BCUT2D eigenvalue weighted by atomic mass is 16.5. The lowest BCUT2D eigenvalue weighted by Crippen LogP contribution is -2.18. The van der Waals surface area contributed by atoms with Crippen LogP contribution in [0.25, 0.3) is 10.9 Å².